The van der Waals surface area contributed by atoms with Crippen molar-refractivity contribution in [3.8, 4) is 10.4 Å². The van der Waals surface area contributed by atoms with Crippen molar-refractivity contribution in [2.24, 2.45) is 0 Å². The molecule has 0 saturated heterocycles. The van der Waals surface area contributed by atoms with Gasteiger partial charge in [-0.1, -0.05) is 42.1 Å². The second-order valence-corrected chi connectivity index (χ2v) is 8.03. The van der Waals surface area contributed by atoms with Crippen molar-refractivity contribution in [3.63, 3.8) is 0 Å². The predicted molar refractivity (Wildman–Crippen MR) is 113 cm³/mol. The standard InChI is InChI=1S/C20H16N4O3S2/c1-12-21-19(28-11-17(25)23-24-18(26)15-8-5-9-27-15)14-10-16(29-20(14)22-12)13-6-3-2-4-7-13/h2-10H,11H2,1H3,(H,23,25)(H,24,26). The zero-order valence-electron chi connectivity index (χ0n) is 15.3. The van der Waals surface area contributed by atoms with Crippen molar-refractivity contribution >= 4 is 45.1 Å². The number of nitrogens with one attached hydrogen (secondary N) is 2. The molecule has 0 spiro atoms. The van der Waals surface area contributed by atoms with E-state index in [0.29, 0.717) is 5.82 Å². The summed E-state index contributed by atoms with van der Waals surface area (Å²) in [5.74, 6) is 0.00290. The molecule has 0 saturated carbocycles. The largest absolute Gasteiger partial charge is 0.459 e. The Morgan fingerprint density at radius 3 is 2.69 bits per heavy atom. The molecule has 4 aromatic rings. The normalized spacial score (nSPS) is 10.8. The van der Waals surface area contributed by atoms with E-state index in [1.54, 1.807) is 17.4 Å². The number of furan rings is 1. The van der Waals surface area contributed by atoms with E-state index in [9.17, 15) is 9.59 Å². The van der Waals surface area contributed by atoms with Gasteiger partial charge in [0.05, 0.1) is 12.0 Å². The number of carbonyl (C=O) groups is 2. The SMILES string of the molecule is Cc1nc(SCC(=O)NNC(=O)c2ccco2)c2cc(-c3ccccc3)sc2n1. The van der Waals surface area contributed by atoms with E-state index >= 15 is 0 Å². The van der Waals surface area contributed by atoms with Crippen LogP contribution in [0.25, 0.3) is 20.7 Å². The van der Waals surface area contributed by atoms with Gasteiger partial charge in [0.15, 0.2) is 5.76 Å². The summed E-state index contributed by atoms with van der Waals surface area (Å²) >= 11 is 2.89. The van der Waals surface area contributed by atoms with Gasteiger partial charge in [-0.15, -0.1) is 11.3 Å². The van der Waals surface area contributed by atoms with Gasteiger partial charge in [-0.25, -0.2) is 9.97 Å². The number of nitrogens with zero attached hydrogens (tertiary/aromatic N) is 2. The maximum absolute atomic E-state index is 12.1. The number of aryl methyl sites for hydroxylation is 1. The highest BCUT2D eigenvalue weighted by Crippen LogP contribution is 2.36. The average Bonchev–Trinajstić information content (AvgIpc) is 3.41. The first-order valence-corrected chi connectivity index (χ1v) is 10.5. The molecule has 4 rings (SSSR count). The van der Waals surface area contributed by atoms with Gasteiger partial charge in [0.1, 0.15) is 15.7 Å². The monoisotopic (exact) mass is 424 g/mol. The molecule has 7 nitrogen and oxygen atoms in total. The van der Waals surface area contributed by atoms with Gasteiger partial charge in [-0.3, -0.25) is 20.4 Å². The third-order valence-electron chi connectivity index (χ3n) is 3.93. The molecule has 0 radical (unpaired) electrons. The van der Waals surface area contributed by atoms with Crippen LogP contribution in [0.4, 0.5) is 0 Å². The van der Waals surface area contributed by atoms with Crippen molar-refractivity contribution in [1.29, 1.82) is 0 Å². The minimum absolute atomic E-state index is 0.0977. The van der Waals surface area contributed by atoms with Crippen LogP contribution in [0.5, 0.6) is 0 Å². The Morgan fingerprint density at radius 1 is 1.10 bits per heavy atom. The van der Waals surface area contributed by atoms with E-state index in [1.807, 2.05) is 43.3 Å². The van der Waals surface area contributed by atoms with Crippen LogP contribution in [0.1, 0.15) is 16.4 Å². The highest BCUT2D eigenvalue weighted by molar-refractivity contribution is 8.00. The number of fused-ring (bicyclic) bond motifs is 1. The molecule has 0 fully saturated rings. The Bertz CT molecular complexity index is 1160. The van der Waals surface area contributed by atoms with E-state index in [1.165, 1.54) is 24.1 Å². The first kappa shape index (κ1) is 19.2. The fraction of sp³-hybridized carbons (Fsp3) is 0.100. The molecule has 9 heteroatoms. The van der Waals surface area contributed by atoms with Crippen LogP contribution in [0.2, 0.25) is 0 Å². The number of aromatic nitrogens is 2. The van der Waals surface area contributed by atoms with Crippen molar-refractivity contribution < 1.29 is 14.0 Å². The van der Waals surface area contributed by atoms with E-state index in [0.717, 1.165) is 25.7 Å². The van der Waals surface area contributed by atoms with E-state index in [-0.39, 0.29) is 17.4 Å². The number of rotatable bonds is 5. The molecule has 0 atom stereocenters. The van der Waals surface area contributed by atoms with Crippen LogP contribution in [-0.2, 0) is 4.79 Å². The zero-order chi connectivity index (χ0) is 20.2. The molecule has 29 heavy (non-hydrogen) atoms. The maximum atomic E-state index is 12.1. The number of hydrazine groups is 1. The van der Waals surface area contributed by atoms with Crippen molar-refractivity contribution in [1.82, 2.24) is 20.8 Å². The molecular weight excluding hydrogens is 408 g/mol. The highest BCUT2D eigenvalue weighted by atomic mass is 32.2. The molecule has 1 aromatic carbocycles. The van der Waals surface area contributed by atoms with Gasteiger partial charge in [-0.05, 0) is 30.7 Å². The van der Waals surface area contributed by atoms with Gasteiger partial charge in [0.25, 0.3) is 0 Å². The Morgan fingerprint density at radius 2 is 1.93 bits per heavy atom. The summed E-state index contributed by atoms with van der Waals surface area (Å²) in [4.78, 5) is 34.9. The zero-order valence-corrected chi connectivity index (χ0v) is 17.0. The summed E-state index contributed by atoms with van der Waals surface area (Å²) in [6.07, 6.45) is 1.39. The molecule has 0 unspecified atom stereocenters. The number of thioether (sulfide) groups is 1. The molecule has 0 aliphatic carbocycles. The fourth-order valence-corrected chi connectivity index (χ4v) is 4.61. The molecule has 2 amide bonds. The molecule has 2 N–H and O–H groups in total. The van der Waals surface area contributed by atoms with Gasteiger partial charge < -0.3 is 4.42 Å². The lowest BCUT2D eigenvalue weighted by Gasteiger charge is -2.06. The van der Waals surface area contributed by atoms with Crippen LogP contribution >= 0.6 is 23.1 Å². The van der Waals surface area contributed by atoms with Crippen molar-refractivity contribution in [2.75, 3.05) is 5.75 Å². The lowest BCUT2D eigenvalue weighted by molar-refractivity contribution is -0.119. The van der Waals surface area contributed by atoms with Crippen LogP contribution in [0.15, 0.2) is 64.2 Å². The lowest BCUT2D eigenvalue weighted by atomic mass is 10.2. The van der Waals surface area contributed by atoms with E-state index in [2.05, 4.69) is 20.8 Å². The summed E-state index contributed by atoms with van der Waals surface area (Å²) in [7, 11) is 0. The number of amides is 2. The van der Waals surface area contributed by atoms with Gasteiger partial charge in [0, 0.05) is 10.3 Å². The fourth-order valence-electron chi connectivity index (χ4n) is 2.62. The summed E-state index contributed by atoms with van der Waals surface area (Å²) in [5, 5.41) is 1.65. The third kappa shape index (κ3) is 4.47. The predicted octanol–water partition coefficient (Wildman–Crippen LogP) is 3.81. The van der Waals surface area contributed by atoms with Gasteiger partial charge >= 0.3 is 5.91 Å². The lowest BCUT2D eigenvalue weighted by Crippen LogP contribution is -2.42. The topological polar surface area (TPSA) is 97.1 Å². The molecule has 3 aromatic heterocycles. The van der Waals surface area contributed by atoms with Crippen LogP contribution < -0.4 is 10.9 Å². The Kier molecular flexibility index (Phi) is 5.59. The molecule has 0 aliphatic rings. The molecule has 0 aliphatic heterocycles. The minimum Gasteiger partial charge on any atom is -0.459 e. The minimum atomic E-state index is -0.515. The van der Waals surface area contributed by atoms with E-state index < -0.39 is 5.91 Å². The van der Waals surface area contributed by atoms with Crippen LogP contribution in [0.3, 0.4) is 0 Å². The molecule has 146 valence electrons. The Hall–Kier alpha value is -3.17. The van der Waals surface area contributed by atoms with Crippen LogP contribution in [0, 0.1) is 6.92 Å². The van der Waals surface area contributed by atoms with Crippen molar-refractivity contribution in [2.45, 2.75) is 11.9 Å². The summed E-state index contributed by atoms with van der Waals surface area (Å²) in [6, 6.07) is 15.2. The smallest absolute Gasteiger partial charge is 0.305 e. The number of thiophene rings is 1. The second kappa shape index (κ2) is 8.46. The highest BCUT2D eigenvalue weighted by Gasteiger charge is 2.14. The number of hydrogen-bond acceptors (Lipinski definition) is 7. The first-order chi connectivity index (χ1) is 14.1. The summed E-state index contributed by atoms with van der Waals surface area (Å²) in [5.41, 5.74) is 5.81. The summed E-state index contributed by atoms with van der Waals surface area (Å²) < 4.78 is 4.97. The number of hydrogen-bond donors (Lipinski definition) is 2. The number of carbonyl (C=O) groups excluding carboxylic acids is 2. The van der Waals surface area contributed by atoms with Crippen LogP contribution in [-0.4, -0.2) is 27.5 Å². The average molecular weight is 425 g/mol. The number of benzene rings is 1. The van der Waals surface area contributed by atoms with Gasteiger partial charge in [0.2, 0.25) is 5.91 Å². The molecule has 0 bridgehead atoms. The van der Waals surface area contributed by atoms with Gasteiger partial charge in [-0.2, -0.15) is 0 Å². The molecule has 3 heterocycles. The summed E-state index contributed by atoms with van der Waals surface area (Å²) in [6.45, 7) is 1.83. The Labute approximate surface area is 174 Å². The maximum Gasteiger partial charge on any atom is 0.305 e. The quantitative estimate of drug-likeness (QED) is 0.287. The third-order valence-corrected chi connectivity index (χ3v) is 6.00. The molecular formula is C20H16N4O3S2. The Balaban J connectivity index is 1.45. The van der Waals surface area contributed by atoms with Crippen molar-refractivity contribution in [3.05, 3.63) is 66.4 Å². The first-order valence-electron chi connectivity index (χ1n) is 8.69. The second-order valence-electron chi connectivity index (χ2n) is 6.04. The van der Waals surface area contributed by atoms with E-state index in [4.69, 9.17) is 4.42 Å².